The Morgan fingerprint density at radius 1 is 1.05 bits per heavy atom. The van der Waals surface area contributed by atoms with Crippen LogP contribution in [-0.2, 0) is 0 Å². The Hall–Kier alpha value is -0.120. The lowest BCUT2D eigenvalue weighted by molar-refractivity contribution is 0.201. The second-order valence-corrected chi connectivity index (χ2v) is 6.65. The molecular weight excluding hydrogens is 234 g/mol. The maximum Gasteiger partial charge on any atom is 0.00798 e. The summed E-state index contributed by atoms with van der Waals surface area (Å²) in [6.07, 6.45) is 8.21. The maximum absolute atomic E-state index is 3.86. The van der Waals surface area contributed by atoms with Crippen molar-refractivity contribution < 1.29 is 0 Å². The number of likely N-dealkylation sites (tertiary alicyclic amines) is 2. The van der Waals surface area contributed by atoms with Gasteiger partial charge in [0.2, 0.25) is 0 Å². The normalized spacial score (nSPS) is 31.3. The third kappa shape index (κ3) is 5.41. The molecule has 2 aliphatic rings. The molecule has 0 aromatic rings. The highest BCUT2D eigenvalue weighted by atomic mass is 15.1. The summed E-state index contributed by atoms with van der Waals surface area (Å²) in [7, 11) is 2.26. The second kappa shape index (κ2) is 8.23. The summed E-state index contributed by atoms with van der Waals surface area (Å²) in [4.78, 5) is 5.14. The fraction of sp³-hybridized carbons (Fsp3) is 1.00. The van der Waals surface area contributed by atoms with E-state index in [1.807, 2.05) is 0 Å². The SMILES string of the molecule is CCCN1CCCC(NCC2CCCN(C)C2)CC1. The van der Waals surface area contributed by atoms with E-state index in [9.17, 15) is 0 Å². The average molecular weight is 267 g/mol. The molecule has 0 aliphatic carbocycles. The quantitative estimate of drug-likeness (QED) is 0.824. The molecule has 3 heteroatoms. The van der Waals surface area contributed by atoms with Crippen LogP contribution in [0.1, 0.15) is 45.4 Å². The van der Waals surface area contributed by atoms with Crippen molar-refractivity contribution >= 4 is 0 Å². The molecule has 2 heterocycles. The van der Waals surface area contributed by atoms with Gasteiger partial charge in [-0.1, -0.05) is 6.92 Å². The van der Waals surface area contributed by atoms with E-state index in [1.54, 1.807) is 0 Å². The van der Waals surface area contributed by atoms with Gasteiger partial charge in [0.1, 0.15) is 0 Å². The zero-order valence-corrected chi connectivity index (χ0v) is 13.0. The van der Waals surface area contributed by atoms with Crippen molar-refractivity contribution in [3.05, 3.63) is 0 Å². The summed E-state index contributed by atoms with van der Waals surface area (Å²) in [6, 6.07) is 0.772. The Labute approximate surface area is 119 Å². The van der Waals surface area contributed by atoms with E-state index in [4.69, 9.17) is 0 Å². The molecule has 2 saturated heterocycles. The van der Waals surface area contributed by atoms with Crippen molar-refractivity contribution in [2.24, 2.45) is 5.92 Å². The lowest BCUT2D eigenvalue weighted by Gasteiger charge is -2.31. The lowest BCUT2D eigenvalue weighted by Crippen LogP contribution is -2.40. The molecule has 0 spiro atoms. The van der Waals surface area contributed by atoms with Crippen molar-refractivity contribution in [2.75, 3.05) is 46.3 Å². The molecule has 2 rings (SSSR count). The number of nitrogens with one attached hydrogen (secondary N) is 1. The Kier molecular flexibility index (Phi) is 6.62. The van der Waals surface area contributed by atoms with Gasteiger partial charge in [0.05, 0.1) is 0 Å². The molecular formula is C16H33N3. The van der Waals surface area contributed by atoms with Crippen molar-refractivity contribution in [1.82, 2.24) is 15.1 Å². The van der Waals surface area contributed by atoms with Crippen molar-refractivity contribution in [1.29, 1.82) is 0 Å². The van der Waals surface area contributed by atoms with E-state index >= 15 is 0 Å². The van der Waals surface area contributed by atoms with Gasteiger partial charge in [-0.2, -0.15) is 0 Å². The zero-order valence-electron chi connectivity index (χ0n) is 13.0. The minimum Gasteiger partial charge on any atom is -0.314 e. The minimum absolute atomic E-state index is 0.772. The molecule has 0 aromatic carbocycles. The Morgan fingerprint density at radius 3 is 2.68 bits per heavy atom. The fourth-order valence-corrected chi connectivity index (χ4v) is 3.67. The number of rotatable bonds is 5. The first kappa shape index (κ1) is 15.3. The first-order chi connectivity index (χ1) is 9.28. The van der Waals surface area contributed by atoms with Gasteiger partial charge in [0, 0.05) is 12.6 Å². The maximum atomic E-state index is 3.86. The zero-order chi connectivity index (χ0) is 13.5. The van der Waals surface area contributed by atoms with Crippen LogP contribution in [-0.4, -0.2) is 62.2 Å². The molecule has 2 fully saturated rings. The van der Waals surface area contributed by atoms with Gasteiger partial charge in [0.15, 0.2) is 0 Å². The highest BCUT2D eigenvalue weighted by Gasteiger charge is 2.20. The van der Waals surface area contributed by atoms with Crippen molar-refractivity contribution in [3.63, 3.8) is 0 Å². The monoisotopic (exact) mass is 267 g/mol. The molecule has 0 bridgehead atoms. The van der Waals surface area contributed by atoms with Gasteiger partial charge in [-0.05, 0) is 84.2 Å². The van der Waals surface area contributed by atoms with Gasteiger partial charge in [-0.25, -0.2) is 0 Å². The van der Waals surface area contributed by atoms with Crippen LogP contribution in [0.4, 0.5) is 0 Å². The van der Waals surface area contributed by atoms with E-state index in [0.29, 0.717) is 0 Å². The predicted molar refractivity (Wildman–Crippen MR) is 82.6 cm³/mol. The standard InChI is InChI=1S/C16H33N3/c1-3-9-19-11-5-7-16(8-12-19)17-13-15-6-4-10-18(2)14-15/h15-17H,3-14H2,1-2H3. The molecule has 1 N–H and O–H groups in total. The molecule has 0 radical (unpaired) electrons. The summed E-state index contributed by atoms with van der Waals surface area (Å²) < 4.78 is 0. The van der Waals surface area contributed by atoms with Crippen LogP contribution >= 0.6 is 0 Å². The van der Waals surface area contributed by atoms with Gasteiger partial charge in [-0.3, -0.25) is 0 Å². The molecule has 0 amide bonds. The molecule has 3 nitrogen and oxygen atoms in total. The topological polar surface area (TPSA) is 18.5 Å². The van der Waals surface area contributed by atoms with E-state index in [2.05, 4.69) is 29.1 Å². The molecule has 2 aliphatic heterocycles. The van der Waals surface area contributed by atoms with Gasteiger partial charge in [0.25, 0.3) is 0 Å². The molecule has 19 heavy (non-hydrogen) atoms. The summed E-state index contributed by atoms with van der Waals surface area (Å²) in [5.74, 6) is 0.883. The highest BCUT2D eigenvalue weighted by molar-refractivity contribution is 4.78. The van der Waals surface area contributed by atoms with Crippen LogP contribution in [0.3, 0.4) is 0 Å². The largest absolute Gasteiger partial charge is 0.314 e. The Morgan fingerprint density at radius 2 is 1.89 bits per heavy atom. The molecule has 2 unspecified atom stereocenters. The fourth-order valence-electron chi connectivity index (χ4n) is 3.67. The molecule has 0 aromatic heterocycles. The molecule has 0 saturated carbocycles. The van der Waals surface area contributed by atoms with Gasteiger partial charge >= 0.3 is 0 Å². The summed E-state index contributed by atoms with van der Waals surface area (Å²) in [6.45, 7) is 10.0. The number of hydrogen-bond acceptors (Lipinski definition) is 3. The first-order valence-electron chi connectivity index (χ1n) is 8.42. The van der Waals surface area contributed by atoms with Gasteiger partial charge in [-0.15, -0.1) is 0 Å². The summed E-state index contributed by atoms with van der Waals surface area (Å²) in [5, 5.41) is 3.86. The van der Waals surface area contributed by atoms with Crippen LogP contribution in [0.5, 0.6) is 0 Å². The second-order valence-electron chi connectivity index (χ2n) is 6.65. The number of nitrogens with zero attached hydrogens (tertiary/aromatic N) is 2. The van der Waals surface area contributed by atoms with Crippen LogP contribution in [0.15, 0.2) is 0 Å². The third-order valence-electron chi connectivity index (χ3n) is 4.78. The number of piperidine rings is 1. The van der Waals surface area contributed by atoms with Crippen molar-refractivity contribution in [2.45, 2.75) is 51.5 Å². The molecule has 112 valence electrons. The summed E-state index contributed by atoms with van der Waals surface area (Å²) in [5.41, 5.74) is 0. The lowest BCUT2D eigenvalue weighted by atomic mass is 9.97. The van der Waals surface area contributed by atoms with E-state index in [1.165, 1.54) is 77.8 Å². The smallest absolute Gasteiger partial charge is 0.00798 e. The molecule has 2 atom stereocenters. The predicted octanol–water partition coefficient (Wildman–Crippen LogP) is 2.18. The van der Waals surface area contributed by atoms with Crippen LogP contribution < -0.4 is 5.32 Å². The Balaban J connectivity index is 1.65. The third-order valence-corrected chi connectivity index (χ3v) is 4.78. The van der Waals surface area contributed by atoms with Crippen LogP contribution in [0.2, 0.25) is 0 Å². The van der Waals surface area contributed by atoms with Crippen LogP contribution in [0.25, 0.3) is 0 Å². The van der Waals surface area contributed by atoms with E-state index in [-0.39, 0.29) is 0 Å². The van der Waals surface area contributed by atoms with Crippen molar-refractivity contribution in [3.8, 4) is 0 Å². The highest BCUT2D eigenvalue weighted by Crippen LogP contribution is 2.16. The van der Waals surface area contributed by atoms with Crippen LogP contribution in [0, 0.1) is 5.92 Å². The van der Waals surface area contributed by atoms with E-state index < -0.39 is 0 Å². The van der Waals surface area contributed by atoms with Gasteiger partial charge < -0.3 is 15.1 Å². The first-order valence-corrected chi connectivity index (χ1v) is 8.42. The van der Waals surface area contributed by atoms with E-state index in [0.717, 1.165) is 12.0 Å². The minimum atomic E-state index is 0.772. The summed E-state index contributed by atoms with van der Waals surface area (Å²) >= 11 is 0. The Bertz CT molecular complexity index is 244. The average Bonchev–Trinajstić information content (AvgIpc) is 2.63. The number of hydrogen-bond donors (Lipinski definition) is 1.